The van der Waals surface area contributed by atoms with Crippen molar-refractivity contribution in [3.8, 4) is 0 Å². The lowest BCUT2D eigenvalue weighted by atomic mass is 10.1. The number of hydrogen-bond donors (Lipinski definition) is 1. The molecule has 0 atom stereocenters. The minimum Gasteiger partial charge on any atom is -0.446 e. The quantitative estimate of drug-likeness (QED) is 0.937. The van der Waals surface area contributed by atoms with E-state index in [0.717, 1.165) is 11.1 Å². The zero-order chi connectivity index (χ0) is 14.9. The van der Waals surface area contributed by atoms with Crippen LogP contribution in [0.3, 0.4) is 0 Å². The summed E-state index contributed by atoms with van der Waals surface area (Å²) >= 11 is 0. The molecule has 0 aliphatic rings. The summed E-state index contributed by atoms with van der Waals surface area (Å²) in [5.74, 6) is 0.442. The zero-order valence-corrected chi connectivity index (χ0v) is 12.6. The normalized spacial score (nSPS) is 11.6. The van der Waals surface area contributed by atoms with Crippen LogP contribution in [-0.4, -0.2) is 15.5 Å². The molecule has 0 saturated heterocycles. The molecule has 108 valence electrons. The molecule has 2 rings (SSSR count). The van der Waals surface area contributed by atoms with E-state index in [4.69, 9.17) is 10.2 Å². The second-order valence-corrected chi connectivity index (χ2v) is 6.64. The maximum absolute atomic E-state index is 12.5. The summed E-state index contributed by atoms with van der Waals surface area (Å²) in [5, 5.41) is -0.0976. The molecule has 0 bridgehead atoms. The van der Waals surface area contributed by atoms with Crippen LogP contribution in [0.2, 0.25) is 0 Å². The van der Waals surface area contributed by atoms with Gasteiger partial charge in [-0.3, -0.25) is 4.31 Å². The van der Waals surface area contributed by atoms with Gasteiger partial charge in [0.2, 0.25) is 5.09 Å². The Morgan fingerprint density at radius 1 is 1.15 bits per heavy atom. The summed E-state index contributed by atoms with van der Waals surface area (Å²) in [5.41, 5.74) is 8.04. The largest absolute Gasteiger partial charge is 0.446 e. The molecule has 0 aliphatic carbocycles. The van der Waals surface area contributed by atoms with Crippen molar-refractivity contribution < 1.29 is 12.8 Å². The van der Waals surface area contributed by atoms with Crippen molar-refractivity contribution in [1.29, 1.82) is 0 Å². The molecule has 6 heteroatoms. The number of anilines is 1. The molecular formula is C14H18N2O3S. The van der Waals surface area contributed by atoms with Gasteiger partial charge in [-0.2, -0.15) is 8.42 Å². The van der Waals surface area contributed by atoms with E-state index in [2.05, 4.69) is 0 Å². The molecule has 1 aromatic carbocycles. The third kappa shape index (κ3) is 2.71. The fourth-order valence-electron chi connectivity index (χ4n) is 2.01. The van der Waals surface area contributed by atoms with Gasteiger partial charge in [0.25, 0.3) is 10.0 Å². The van der Waals surface area contributed by atoms with Crippen LogP contribution in [0.5, 0.6) is 0 Å². The Labute approximate surface area is 119 Å². The van der Waals surface area contributed by atoms with Crippen LogP contribution in [0.15, 0.2) is 39.8 Å². The molecule has 0 amide bonds. The lowest BCUT2D eigenvalue weighted by Gasteiger charge is -2.19. The van der Waals surface area contributed by atoms with Gasteiger partial charge in [-0.15, -0.1) is 0 Å². The highest BCUT2D eigenvalue weighted by Crippen LogP contribution is 2.25. The van der Waals surface area contributed by atoms with Crippen molar-refractivity contribution in [3.05, 3.63) is 47.2 Å². The topological polar surface area (TPSA) is 76.5 Å². The van der Waals surface area contributed by atoms with Crippen LogP contribution >= 0.6 is 0 Å². The SMILES string of the molecule is Cc1cc(C)cc(N(C)S(=O)(=O)c2ccc(CN)o2)c1. The summed E-state index contributed by atoms with van der Waals surface area (Å²) in [6.07, 6.45) is 0. The highest BCUT2D eigenvalue weighted by molar-refractivity contribution is 7.92. The Bertz CT molecular complexity index is 700. The molecule has 2 aromatic rings. The Kier molecular flexibility index (Phi) is 3.87. The van der Waals surface area contributed by atoms with E-state index >= 15 is 0 Å². The van der Waals surface area contributed by atoms with Crippen molar-refractivity contribution in [3.63, 3.8) is 0 Å². The van der Waals surface area contributed by atoms with Gasteiger partial charge in [0.05, 0.1) is 12.2 Å². The van der Waals surface area contributed by atoms with Crippen LogP contribution < -0.4 is 10.0 Å². The predicted octanol–water partition coefficient (Wildman–Crippen LogP) is 2.18. The van der Waals surface area contributed by atoms with Crippen LogP contribution in [0.1, 0.15) is 16.9 Å². The molecule has 0 saturated carbocycles. The number of sulfonamides is 1. The lowest BCUT2D eigenvalue weighted by molar-refractivity contribution is 0.415. The number of furan rings is 1. The average molecular weight is 294 g/mol. The first-order chi connectivity index (χ1) is 9.34. The number of aryl methyl sites for hydroxylation is 2. The maximum Gasteiger partial charge on any atom is 0.297 e. The zero-order valence-electron chi connectivity index (χ0n) is 11.8. The summed E-state index contributed by atoms with van der Waals surface area (Å²) in [6, 6.07) is 8.62. The van der Waals surface area contributed by atoms with Crippen molar-refractivity contribution in [2.75, 3.05) is 11.4 Å². The fraction of sp³-hybridized carbons (Fsp3) is 0.286. The molecule has 0 aliphatic heterocycles. The van der Waals surface area contributed by atoms with Gasteiger partial charge in [0.15, 0.2) is 0 Å². The molecular weight excluding hydrogens is 276 g/mol. The van der Waals surface area contributed by atoms with Gasteiger partial charge in [-0.25, -0.2) is 0 Å². The molecule has 5 nitrogen and oxygen atoms in total. The summed E-state index contributed by atoms with van der Waals surface area (Å²) in [6.45, 7) is 4.02. The summed E-state index contributed by atoms with van der Waals surface area (Å²) in [7, 11) is -2.20. The molecule has 0 radical (unpaired) electrons. The molecule has 0 spiro atoms. The van der Waals surface area contributed by atoms with Crippen LogP contribution in [0, 0.1) is 13.8 Å². The van der Waals surface area contributed by atoms with E-state index in [1.165, 1.54) is 17.4 Å². The van der Waals surface area contributed by atoms with Gasteiger partial charge in [-0.1, -0.05) is 6.07 Å². The number of rotatable bonds is 4. The maximum atomic E-state index is 12.5. The van der Waals surface area contributed by atoms with Crippen LogP contribution in [0.4, 0.5) is 5.69 Å². The molecule has 0 fully saturated rings. The van der Waals surface area contributed by atoms with Crippen molar-refractivity contribution in [2.45, 2.75) is 25.5 Å². The Hall–Kier alpha value is -1.79. The minimum absolute atomic E-state index is 0.0976. The Balaban J connectivity index is 2.42. The smallest absolute Gasteiger partial charge is 0.297 e. The Morgan fingerprint density at radius 2 is 1.75 bits per heavy atom. The molecule has 1 aromatic heterocycles. The van der Waals surface area contributed by atoms with Crippen molar-refractivity contribution in [1.82, 2.24) is 0 Å². The fourth-order valence-corrected chi connectivity index (χ4v) is 3.12. The minimum atomic E-state index is -3.70. The second-order valence-electron chi connectivity index (χ2n) is 4.74. The predicted molar refractivity (Wildman–Crippen MR) is 78.1 cm³/mol. The van der Waals surface area contributed by atoms with Gasteiger partial charge in [-0.05, 0) is 49.2 Å². The van der Waals surface area contributed by atoms with Crippen molar-refractivity contribution >= 4 is 15.7 Å². The van der Waals surface area contributed by atoms with E-state index in [9.17, 15) is 8.42 Å². The highest BCUT2D eigenvalue weighted by atomic mass is 32.2. The lowest BCUT2D eigenvalue weighted by Crippen LogP contribution is -2.26. The number of nitrogens with zero attached hydrogens (tertiary/aromatic N) is 1. The first-order valence-corrected chi connectivity index (χ1v) is 7.64. The van der Waals surface area contributed by atoms with Crippen molar-refractivity contribution in [2.24, 2.45) is 5.73 Å². The van der Waals surface area contributed by atoms with Crippen LogP contribution in [-0.2, 0) is 16.6 Å². The van der Waals surface area contributed by atoms with Crippen LogP contribution in [0.25, 0.3) is 0 Å². The first-order valence-electron chi connectivity index (χ1n) is 6.20. The van der Waals surface area contributed by atoms with Gasteiger partial charge < -0.3 is 10.2 Å². The highest BCUT2D eigenvalue weighted by Gasteiger charge is 2.25. The van der Waals surface area contributed by atoms with E-state index in [1.54, 1.807) is 6.07 Å². The van der Waals surface area contributed by atoms with E-state index in [-0.39, 0.29) is 11.6 Å². The first kappa shape index (κ1) is 14.6. The number of benzene rings is 1. The number of hydrogen-bond acceptors (Lipinski definition) is 4. The second kappa shape index (κ2) is 5.30. The Morgan fingerprint density at radius 3 is 2.25 bits per heavy atom. The summed E-state index contributed by atoms with van der Waals surface area (Å²) in [4.78, 5) is 0. The van der Waals surface area contributed by atoms with E-state index in [1.807, 2.05) is 32.0 Å². The third-order valence-corrected chi connectivity index (χ3v) is 4.68. The van der Waals surface area contributed by atoms with Gasteiger partial charge in [0, 0.05) is 7.05 Å². The standard InChI is InChI=1S/C14H18N2O3S/c1-10-6-11(2)8-12(7-10)16(3)20(17,18)14-5-4-13(9-15)19-14/h4-8H,9,15H2,1-3H3. The van der Waals surface area contributed by atoms with Gasteiger partial charge >= 0.3 is 0 Å². The average Bonchev–Trinajstić information content (AvgIpc) is 2.86. The van der Waals surface area contributed by atoms with E-state index in [0.29, 0.717) is 11.4 Å². The molecule has 2 N–H and O–H groups in total. The monoisotopic (exact) mass is 294 g/mol. The summed E-state index contributed by atoms with van der Waals surface area (Å²) < 4.78 is 31.4. The van der Waals surface area contributed by atoms with E-state index < -0.39 is 10.0 Å². The third-order valence-electron chi connectivity index (χ3n) is 3.02. The molecule has 20 heavy (non-hydrogen) atoms. The van der Waals surface area contributed by atoms with Gasteiger partial charge in [0.1, 0.15) is 5.76 Å². The molecule has 1 heterocycles. The molecule has 0 unspecified atom stereocenters. The number of nitrogens with two attached hydrogens (primary N) is 1.